The SMILES string of the molecule is CN(Cc1csc(C=CC(=O)O)c1)S(=O)(=O)C(F)F. The predicted molar refractivity (Wildman–Crippen MR) is 67.4 cm³/mol. The molecule has 1 rings (SSSR count). The summed E-state index contributed by atoms with van der Waals surface area (Å²) in [5, 5.41) is 10.0. The number of thiophene rings is 1. The molecule has 1 aromatic heterocycles. The number of carboxylic acids is 1. The first-order valence-corrected chi connectivity index (χ1v) is 7.33. The molecule has 0 radical (unpaired) electrons. The van der Waals surface area contributed by atoms with E-state index in [0.29, 0.717) is 14.7 Å². The van der Waals surface area contributed by atoms with E-state index in [4.69, 9.17) is 5.11 Å². The van der Waals surface area contributed by atoms with Gasteiger partial charge in [0, 0.05) is 24.5 Å². The van der Waals surface area contributed by atoms with Gasteiger partial charge >= 0.3 is 11.7 Å². The molecule has 0 aliphatic carbocycles. The van der Waals surface area contributed by atoms with Crippen molar-refractivity contribution in [1.82, 2.24) is 4.31 Å². The normalized spacial score (nSPS) is 12.7. The van der Waals surface area contributed by atoms with Crippen molar-refractivity contribution in [2.75, 3.05) is 7.05 Å². The molecule has 0 atom stereocenters. The van der Waals surface area contributed by atoms with Crippen molar-refractivity contribution in [3.8, 4) is 0 Å². The van der Waals surface area contributed by atoms with Crippen LogP contribution in [0.5, 0.6) is 0 Å². The summed E-state index contributed by atoms with van der Waals surface area (Å²) in [6.07, 6.45) is 2.29. The quantitative estimate of drug-likeness (QED) is 0.813. The van der Waals surface area contributed by atoms with Gasteiger partial charge in [0.1, 0.15) is 0 Å². The van der Waals surface area contributed by atoms with Crippen molar-refractivity contribution < 1.29 is 27.1 Å². The molecule has 0 aromatic carbocycles. The summed E-state index contributed by atoms with van der Waals surface area (Å²) in [7, 11) is -3.54. The van der Waals surface area contributed by atoms with Crippen LogP contribution in [0.25, 0.3) is 6.08 Å². The fourth-order valence-corrected chi connectivity index (χ4v) is 2.60. The highest BCUT2D eigenvalue weighted by molar-refractivity contribution is 7.89. The van der Waals surface area contributed by atoms with Crippen LogP contribution in [0.1, 0.15) is 10.4 Å². The van der Waals surface area contributed by atoms with Gasteiger partial charge in [0.15, 0.2) is 0 Å². The van der Waals surface area contributed by atoms with Crippen LogP contribution in [-0.2, 0) is 21.4 Å². The number of nitrogens with zero attached hydrogens (tertiary/aromatic N) is 1. The van der Waals surface area contributed by atoms with Crippen LogP contribution in [0.15, 0.2) is 17.5 Å². The van der Waals surface area contributed by atoms with Gasteiger partial charge in [0.25, 0.3) is 10.0 Å². The monoisotopic (exact) mass is 311 g/mol. The molecule has 1 N–H and O–H groups in total. The molecule has 19 heavy (non-hydrogen) atoms. The number of rotatable bonds is 6. The lowest BCUT2D eigenvalue weighted by Gasteiger charge is -2.15. The van der Waals surface area contributed by atoms with Crippen LogP contribution < -0.4 is 0 Å². The molecule has 0 amide bonds. The summed E-state index contributed by atoms with van der Waals surface area (Å²) in [6.45, 7) is -0.190. The second-order valence-electron chi connectivity index (χ2n) is 3.59. The Morgan fingerprint density at radius 2 is 2.21 bits per heavy atom. The van der Waals surface area contributed by atoms with Gasteiger partial charge in [-0.05, 0) is 23.1 Å². The van der Waals surface area contributed by atoms with Gasteiger partial charge in [-0.1, -0.05) is 0 Å². The molecule has 106 valence electrons. The molecule has 0 aliphatic rings. The van der Waals surface area contributed by atoms with Crippen LogP contribution in [-0.4, -0.2) is 36.6 Å². The van der Waals surface area contributed by atoms with Gasteiger partial charge in [0.05, 0.1) is 0 Å². The first-order valence-electron chi connectivity index (χ1n) is 4.95. The fraction of sp³-hybridized carbons (Fsp3) is 0.300. The molecule has 0 bridgehead atoms. The highest BCUT2D eigenvalue weighted by atomic mass is 32.2. The van der Waals surface area contributed by atoms with E-state index in [1.807, 2.05) is 0 Å². The second-order valence-corrected chi connectivity index (χ2v) is 6.54. The Hall–Kier alpha value is -1.32. The van der Waals surface area contributed by atoms with E-state index < -0.39 is 21.8 Å². The molecule has 5 nitrogen and oxygen atoms in total. The fourth-order valence-electron chi connectivity index (χ4n) is 1.20. The molecule has 0 unspecified atom stereocenters. The minimum atomic E-state index is -4.60. The van der Waals surface area contributed by atoms with E-state index in [9.17, 15) is 22.0 Å². The van der Waals surface area contributed by atoms with E-state index >= 15 is 0 Å². The number of carboxylic acid groups (broad SMARTS) is 1. The third-order valence-corrected chi connectivity index (χ3v) is 4.52. The van der Waals surface area contributed by atoms with E-state index in [1.54, 1.807) is 11.4 Å². The lowest BCUT2D eigenvalue weighted by Crippen LogP contribution is -2.31. The maximum atomic E-state index is 12.3. The Morgan fingerprint density at radius 3 is 2.74 bits per heavy atom. The summed E-state index contributed by atoms with van der Waals surface area (Å²) in [5.41, 5.74) is 0.516. The minimum absolute atomic E-state index is 0.190. The van der Waals surface area contributed by atoms with Gasteiger partial charge in [-0.25, -0.2) is 13.2 Å². The largest absolute Gasteiger partial charge is 0.478 e. The number of halogens is 2. The lowest BCUT2D eigenvalue weighted by atomic mass is 10.3. The highest BCUT2D eigenvalue weighted by Gasteiger charge is 2.29. The first kappa shape index (κ1) is 15.7. The molecule has 1 aromatic rings. The van der Waals surface area contributed by atoms with E-state index in [-0.39, 0.29) is 6.54 Å². The predicted octanol–water partition coefficient (Wildman–Crippen LogP) is 1.83. The van der Waals surface area contributed by atoms with E-state index in [0.717, 1.165) is 13.1 Å². The third-order valence-electron chi connectivity index (χ3n) is 2.13. The minimum Gasteiger partial charge on any atom is -0.478 e. The molecule has 0 spiro atoms. The van der Waals surface area contributed by atoms with Gasteiger partial charge in [-0.3, -0.25) is 0 Å². The van der Waals surface area contributed by atoms with E-state index in [2.05, 4.69) is 0 Å². The van der Waals surface area contributed by atoms with Gasteiger partial charge in [-0.15, -0.1) is 11.3 Å². The molecular weight excluding hydrogens is 300 g/mol. The number of hydrogen-bond donors (Lipinski definition) is 1. The number of aliphatic carboxylic acids is 1. The van der Waals surface area contributed by atoms with Gasteiger partial charge in [0.2, 0.25) is 0 Å². The zero-order valence-electron chi connectivity index (χ0n) is 9.79. The average Bonchev–Trinajstić information content (AvgIpc) is 2.73. The average molecular weight is 311 g/mol. The van der Waals surface area contributed by atoms with Crippen molar-refractivity contribution in [2.24, 2.45) is 0 Å². The molecule has 0 fully saturated rings. The number of alkyl halides is 2. The maximum absolute atomic E-state index is 12.3. The zero-order chi connectivity index (χ0) is 14.6. The van der Waals surface area contributed by atoms with Gasteiger partial charge in [-0.2, -0.15) is 13.1 Å². The Labute approximate surface area is 112 Å². The number of hydrogen-bond acceptors (Lipinski definition) is 4. The summed E-state index contributed by atoms with van der Waals surface area (Å²) >= 11 is 1.19. The lowest BCUT2D eigenvalue weighted by molar-refractivity contribution is -0.131. The van der Waals surface area contributed by atoms with Crippen LogP contribution in [0.3, 0.4) is 0 Å². The van der Waals surface area contributed by atoms with Crippen molar-refractivity contribution in [3.05, 3.63) is 28.0 Å². The zero-order valence-corrected chi connectivity index (χ0v) is 11.4. The number of carbonyl (C=O) groups is 1. The van der Waals surface area contributed by atoms with Crippen LogP contribution >= 0.6 is 11.3 Å². The van der Waals surface area contributed by atoms with Crippen molar-refractivity contribution in [3.63, 3.8) is 0 Å². The Balaban J connectivity index is 2.77. The summed E-state index contributed by atoms with van der Waals surface area (Å²) < 4.78 is 47.4. The number of sulfonamides is 1. The Kier molecular flexibility index (Phi) is 5.15. The molecular formula is C10H11F2NO4S2. The van der Waals surface area contributed by atoms with Crippen molar-refractivity contribution in [2.45, 2.75) is 12.3 Å². The second kappa shape index (κ2) is 6.22. The summed E-state index contributed by atoms with van der Waals surface area (Å²) in [4.78, 5) is 10.9. The molecule has 0 saturated carbocycles. The first-order chi connectivity index (χ1) is 8.73. The maximum Gasteiger partial charge on any atom is 0.350 e. The molecule has 0 aliphatic heterocycles. The Morgan fingerprint density at radius 1 is 1.58 bits per heavy atom. The molecule has 9 heteroatoms. The summed E-state index contributed by atoms with van der Waals surface area (Å²) in [6, 6.07) is 1.54. The van der Waals surface area contributed by atoms with Gasteiger partial charge < -0.3 is 5.11 Å². The summed E-state index contributed by atoms with van der Waals surface area (Å²) in [5.74, 6) is -4.56. The topological polar surface area (TPSA) is 74.7 Å². The Bertz CT molecular complexity index is 580. The standard InChI is InChI=1S/C10H11F2NO4S2/c1-13(19(16,17)10(11)12)5-7-4-8(18-6-7)2-3-9(14)15/h2-4,6,10H,5H2,1H3,(H,14,15). The van der Waals surface area contributed by atoms with Crippen molar-refractivity contribution in [1.29, 1.82) is 0 Å². The van der Waals surface area contributed by atoms with E-state index in [1.165, 1.54) is 17.4 Å². The smallest absolute Gasteiger partial charge is 0.350 e. The van der Waals surface area contributed by atoms with Crippen LogP contribution in [0, 0.1) is 0 Å². The van der Waals surface area contributed by atoms with Crippen LogP contribution in [0.2, 0.25) is 0 Å². The third kappa shape index (κ3) is 4.37. The highest BCUT2D eigenvalue weighted by Crippen LogP contribution is 2.20. The molecule has 0 saturated heterocycles. The van der Waals surface area contributed by atoms with Crippen molar-refractivity contribution >= 4 is 33.4 Å². The molecule has 1 heterocycles. The van der Waals surface area contributed by atoms with Crippen LogP contribution in [0.4, 0.5) is 8.78 Å².